The van der Waals surface area contributed by atoms with Crippen molar-refractivity contribution in [1.82, 2.24) is 34.7 Å². The number of carbonyl (C=O) groups excluding carboxylic acids is 2. The Morgan fingerprint density at radius 2 is 1.79 bits per heavy atom. The molecular weight excluding hydrogens is 418 g/mol. The van der Waals surface area contributed by atoms with Crippen molar-refractivity contribution in [2.24, 2.45) is 0 Å². The van der Waals surface area contributed by atoms with Gasteiger partial charge in [-0.3, -0.25) is 19.6 Å². The van der Waals surface area contributed by atoms with Crippen LogP contribution in [0.3, 0.4) is 0 Å². The topological polar surface area (TPSA) is 106 Å². The van der Waals surface area contributed by atoms with Gasteiger partial charge in [0.1, 0.15) is 23.3 Å². The van der Waals surface area contributed by atoms with Crippen molar-refractivity contribution < 1.29 is 9.59 Å². The van der Waals surface area contributed by atoms with E-state index < -0.39 is 6.04 Å². The molecule has 1 aromatic carbocycles. The summed E-state index contributed by atoms with van der Waals surface area (Å²) in [5.74, 6) is 0.129. The maximum atomic E-state index is 13.3. The lowest BCUT2D eigenvalue weighted by Crippen LogP contribution is -2.43. The van der Waals surface area contributed by atoms with Gasteiger partial charge in [0.15, 0.2) is 0 Å². The SMILES string of the molecule is O=C(NCc1cccnc1)c1cn2c(n1)C(c1ccccc1)N(C(=O)c1cnccn1)CC2. The molecule has 4 heterocycles. The number of aromatic nitrogens is 5. The van der Waals surface area contributed by atoms with Gasteiger partial charge in [0.05, 0.1) is 6.20 Å². The van der Waals surface area contributed by atoms with Gasteiger partial charge in [-0.25, -0.2) is 9.97 Å². The van der Waals surface area contributed by atoms with Gasteiger partial charge in [0.25, 0.3) is 11.8 Å². The Labute approximate surface area is 190 Å². The number of hydrogen-bond acceptors (Lipinski definition) is 6. The van der Waals surface area contributed by atoms with Gasteiger partial charge < -0.3 is 14.8 Å². The summed E-state index contributed by atoms with van der Waals surface area (Å²) in [5.41, 5.74) is 2.39. The van der Waals surface area contributed by atoms with Crippen LogP contribution in [-0.2, 0) is 13.1 Å². The summed E-state index contributed by atoms with van der Waals surface area (Å²) in [6.07, 6.45) is 9.63. The molecule has 0 saturated carbocycles. The summed E-state index contributed by atoms with van der Waals surface area (Å²) in [6.45, 7) is 1.33. The molecule has 0 fully saturated rings. The average molecular weight is 439 g/mol. The predicted octanol–water partition coefficient (Wildman–Crippen LogP) is 2.24. The standard InChI is InChI=1S/C24H21N7O2/c32-23(28-14-17-5-4-8-25-13-17)20-16-30-11-12-31(24(33)19-15-26-9-10-27-19)21(22(30)29-20)18-6-2-1-3-7-18/h1-10,13,15-16,21H,11-12,14H2,(H,28,32). The number of benzene rings is 1. The van der Waals surface area contributed by atoms with Gasteiger partial charge in [0, 0.05) is 50.6 Å². The molecule has 3 aromatic heterocycles. The smallest absolute Gasteiger partial charge is 0.275 e. The minimum atomic E-state index is -0.450. The van der Waals surface area contributed by atoms with Gasteiger partial charge in [-0.1, -0.05) is 36.4 Å². The van der Waals surface area contributed by atoms with Gasteiger partial charge in [0.2, 0.25) is 0 Å². The predicted molar refractivity (Wildman–Crippen MR) is 119 cm³/mol. The molecule has 33 heavy (non-hydrogen) atoms. The maximum absolute atomic E-state index is 13.3. The lowest BCUT2D eigenvalue weighted by Gasteiger charge is -2.36. The van der Waals surface area contributed by atoms with Crippen molar-refractivity contribution in [3.8, 4) is 0 Å². The van der Waals surface area contributed by atoms with Crippen LogP contribution in [0.25, 0.3) is 0 Å². The molecule has 4 aromatic rings. The van der Waals surface area contributed by atoms with E-state index in [1.807, 2.05) is 47.0 Å². The van der Waals surface area contributed by atoms with Crippen LogP contribution in [0.4, 0.5) is 0 Å². The zero-order valence-electron chi connectivity index (χ0n) is 17.7. The van der Waals surface area contributed by atoms with E-state index in [0.29, 0.717) is 31.2 Å². The fraction of sp³-hybridized carbons (Fsp3) is 0.167. The van der Waals surface area contributed by atoms with Crippen LogP contribution in [0.1, 0.15) is 44.0 Å². The van der Waals surface area contributed by atoms with Gasteiger partial charge >= 0.3 is 0 Å². The van der Waals surface area contributed by atoms with Crippen LogP contribution in [0.5, 0.6) is 0 Å². The number of amides is 2. The van der Waals surface area contributed by atoms with Crippen LogP contribution in [0, 0.1) is 0 Å². The second-order valence-electron chi connectivity index (χ2n) is 7.62. The number of rotatable bonds is 5. The second kappa shape index (κ2) is 8.99. The van der Waals surface area contributed by atoms with E-state index >= 15 is 0 Å². The Morgan fingerprint density at radius 1 is 0.939 bits per heavy atom. The van der Waals surface area contributed by atoms with Crippen molar-refractivity contribution >= 4 is 11.8 Å². The number of carbonyl (C=O) groups is 2. The van der Waals surface area contributed by atoms with Gasteiger partial charge in [-0.15, -0.1) is 0 Å². The Bertz CT molecular complexity index is 1260. The summed E-state index contributed by atoms with van der Waals surface area (Å²) < 4.78 is 1.94. The average Bonchev–Trinajstić information content (AvgIpc) is 3.32. The minimum Gasteiger partial charge on any atom is -0.347 e. The van der Waals surface area contributed by atoms with Crippen molar-refractivity contribution in [3.63, 3.8) is 0 Å². The molecule has 0 bridgehead atoms. The lowest BCUT2D eigenvalue weighted by atomic mass is 10.0. The van der Waals surface area contributed by atoms with Crippen molar-refractivity contribution in [2.45, 2.75) is 19.1 Å². The normalized spacial score (nSPS) is 15.0. The van der Waals surface area contributed by atoms with E-state index in [9.17, 15) is 9.59 Å². The Kier molecular flexibility index (Phi) is 5.59. The highest BCUT2D eigenvalue weighted by atomic mass is 16.2. The second-order valence-corrected chi connectivity index (χ2v) is 7.62. The summed E-state index contributed by atoms with van der Waals surface area (Å²) in [7, 11) is 0. The van der Waals surface area contributed by atoms with Crippen molar-refractivity contribution in [3.05, 3.63) is 108 Å². The summed E-state index contributed by atoms with van der Waals surface area (Å²) in [4.78, 5) is 44.8. The first-order chi connectivity index (χ1) is 16.2. The number of nitrogens with one attached hydrogen (secondary N) is 1. The molecule has 1 unspecified atom stereocenters. The largest absolute Gasteiger partial charge is 0.347 e. The molecule has 0 spiro atoms. The summed E-state index contributed by atoms with van der Waals surface area (Å²) in [5, 5.41) is 2.89. The Hall–Kier alpha value is -4.40. The molecule has 1 atom stereocenters. The van der Waals surface area contributed by atoms with E-state index in [1.165, 1.54) is 18.6 Å². The highest BCUT2D eigenvalue weighted by Crippen LogP contribution is 2.32. The Balaban J connectivity index is 1.45. The van der Waals surface area contributed by atoms with Gasteiger partial charge in [-0.05, 0) is 17.2 Å². The quantitative estimate of drug-likeness (QED) is 0.511. The molecule has 9 nitrogen and oxygen atoms in total. The van der Waals surface area contributed by atoms with Crippen LogP contribution in [-0.4, -0.2) is 47.8 Å². The first kappa shape index (κ1) is 20.5. The number of fused-ring (bicyclic) bond motifs is 1. The fourth-order valence-corrected chi connectivity index (χ4v) is 3.94. The van der Waals surface area contributed by atoms with Crippen LogP contribution in [0.2, 0.25) is 0 Å². The molecule has 0 radical (unpaired) electrons. The summed E-state index contributed by atoms with van der Waals surface area (Å²) >= 11 is 0. The van der Waals surface area contributed by atoms with Crippen LogP contribution < -0.4 is 5.32 Å². The number of nitrogens with zero attached hydrogens (tertiary/aromatic N) is 6. The molecule has 1 aliphatic rings. The molecule has 2 amide bonds. The van der Waals surface area contributed by atoms with E-state index in [2.05, 4.69) is 25.3 Å². The zero-order valence-corrected chi connectivity index (χ0v) is 17.7. The third kappa shape index (κ3) is 4.20. The third-order valence-electron chi connectivity index (χ3n) is 5.51. The zero-order chi connectivity index (χ0) is 22.6. The molecule has 1 aliphatic heterocycles. The molecule has 0 saturated heterocycles. The number of pyridine rings is 1. The monoisotopic (exact) mass is 439 g/mol. The van der Waals surface area contributed by atoms with Gasteiger partial charge in [-0.2, -0.15) is 0 Å². The molecule has 0 aliphatic carbocycles. The Morgan fingerprint density at radius 3 is 2.55 bits per heavy atom. The van der Waals surface area contributed by atoms with E-state index in [1.54, 1.807) is 23.5 Å². The van der Waals surface area contributed by atoms with Crippen LogP contribution >= 0.6 is 0 Å². The summed E-state index contributed by atoms with van der Waals surface area (Å²) in [6, 6.07) is 12.9. The van der Waals surface area contributed by atoms with Crippen molar-refractivity contribution in [1.29, 1.82) is 0 Å². The highest BCUT2D eigenvalue weighted by Gasteiger charge is 2.35. The minimum absolute atomic E-state index is 0.228. The highest BCUT2D eigenvalue weighted by molar-refractivity contribution is 5.93. The number of hydrogen-bond donors (Lipinski definition) is 1. The van der Waals surface area contributed by atoms with Crippen LogP contribution in [0.15, 0.2) is 79.6 Å². The lowest BCUT2D eigenvalue weighted by molar-refractivity contribution is 0.0652. The first-order valence-electron chi connectivity index (χ1n) is 10.6. The van der Waals surface area contributed by atoms with E-state index in [-0.39, 0.29) is 17.5 Å². The van der Waals surface area contributed by atoms with Crippen molar-refractivity contribution in [2.75, 3.05) is 6.54 Å². The first-order valence-corrected chi connectivity index (χ1v) is 10.6. The molecular formula is C24H21N7O2. The number of imidazole rings is 1. The van der Waals surface area contributed by atoms with E-state index in [0.717, 1.165) is 11.1 Å². The molecule has 1 N–H and O–H groups in total. The van der Waals surface area contributed by atoms with E-state index in [4.69, 9.17) is 0 Å². The molecule has 5 rings (SSSR count). The molecule has 9 heteroatoms. The molecule has 164 valence electrons. The fourth-order valence-electron chi connectivity index (χ4n) is 3.94. The third-order valence-corrected chi connectivity index (χ3v) is 5.51. The maximum Gasteiger partial charge on any atom is 0.275 e.